The fourth-order valence-electron chi connectivity index (χ4n) is 2.84. The third-order valence-corrected chi connectivity index (χ3v) is 4.38. The first-order chi connectivity index (χ1) is 8.80. The average Bonchev–Trinajstić information content (AvgIpc) is 2.75. The minimum absolute atomic E-state index is 0.0302. The molecule has 0 heterocycles. The number of fused-ring (bicyclic) bond motifs is 1. The fourth-order valence-corrected chi connectivity index (χ4v) is 2.84. The van der Waals surface area contributed by atoms with Gasteiger partial charge in [-0.2, -0.15) is 0 Å². The predicted octanol–water partition coefficient (Wildman–Crippen LogP) is 4.28. The number of hydrogen-bond acceptors (Lipinski definition) is 1. The molecule has 0 saturated heterocycles. The van der Waals surface area contributed by atoms with Crippen LogP contribution in [0.5, 0.6) is 0 Å². The normalized spacial score (nSPS) is 16.1. The van der Waals surface area contributed by atoms with Crippen LogP contribution in [0.15, 0.2) is 12.1 Å². The summed E-state index contributed by atoms with van der Waals surface area (Å²) in [6.45, 7) is 10.6. The Balaban J connectivity index is 2.51. The second-order valence-corrected chi connectivity index (χ2v) is 6.79. The third kappa shape index (κ3) is 2.83. The largest absolute Gasteiger partial charge is 0.326 e. The zero-order valence-corrected chi connectivity index (χ0v) is 12.8. The molecule has 1 N–H and O–H groups in total. The van der Waals surface area contributed by atoms with Crippen LogP contribution in [0.4, 0.5) is 5.69 Å². The number of aryl methyl sites for hydroxylation is 1. The summed E-state index contributed by atoms with van der Waals surface area (Å²) in [5.41, 5.74) is 5.34. The molecule has 1 atom stereocenters. The van der Waals surface area contributed by atoms with Crippen LogP contribution in [0.3, 0.4) is 0 Å². The molecule has 0 saturated carbocycles. The highest BCUT2D eigenvalue weighted by molar-refractivity contribution is 5.91. The summed E-state index contributed by atoms with van der Waals surface area (Å²) in [6, 6.07) is 4.47. The number of rotatable bonds is 2. The molecule has 2 nitrogen and oxygen atoms in total. The van der Waals surface area contributed by atoms with Gasteiger partial charge in [0.2, 0.25) is 5.91 Å². The lowest BCUT2D eigenvalue weighted by molar-refractivity contribution is -0.114. The van der Waals surface area contributed by atoms with Crippen molar-refractivity contribution in [1.82, 2.24) is 0 Å². The van der Waals surface area contributed by atoms with Gasteiger partial charge in [0.15, 0.2) is 0 Å². The van der Waals surface area contributed by atoms with Crippen molar-refractivity contribution in [2.75, 3.05) is 5.32 Å². The molecule has 1 aromatic carbocycles. The third-order valence-electron chi connectivity index (χ3n) is 4.38. The number of carbonyl (C=O) groups is 1. The van der Waals surface area contributed by atoms with E-state index in [4.69, 9.17) is 0 Å². The summed E-state index contributed by atoms with van der Waals surface area (Å²) in [7, 11) is 0. The minimum atomic E-state index is 0.0302. The van der Waals surface area contributed by atoms with Crippen LogP contribution < -0.4 is 5.32 Å². The Kier molecular flexibility index (Phi) is 3.71. The van der Waals surface area contributed by atoms with E-state index in [0.29, 0.717) is 5.92 Å². The molecule has 0 spiro atoms. The van der Waals surface area contributed by atoms with Gasteiger partial charge in [-0.05, 0) is 47.3 Å². The molecule has 1 amide bonds. The predicted molar refractivity (Wildman–Crippen MR) is 80.6 cm³/mol. The van der Waals surface area contributed by atoms with Crippen molar-refractivity contribution < 1.29 is 4.79 Å². The van der Waals surface area contributed by atoms with Gasteiger partial charge in [0.1, 0.15) is 0 Å². The maximum atomic E-state index is 11.5. The summed E-state index contributed by atoms with van der Waals surface area (Å²) >= 11 is 0. The van der Waals surface area contributed by atoms with Crippen molar-refractivity contribution in [3.8, 4) is 0 Å². The second-order valence-electron chi connectivity index (χ2n) is 6.79. The quantitative estimate of drug-likeness (QED) is 0.843. The maximum absolute atomic E-state index is 11.5. The molecule has 0 aliphatic heterocycles. The molecule has 2 rings (SSSR count). The fraction of sp³-hybridized carbons (Fsp3) is 0.588. The van der Waals surface area contributed by atoms with E-state index in [1.54, 1.807) is 6.92 Å². The van der Waals surface area contributed by atoms with Gasteiger partial charge in [-0.3, -0.25) is 4.79 Å². The van der Waals surface area contributed by atoms with Gasteiger partial charge in [0.25, 0.3) is 0 Å². The van der Waals surface area contributed by atoms with Crippen LogP contribution in [-0.2, 0) is 17.6 Å². The van der Waals surface area contributed by atoms with Crippen molar-refractivity contribution in [2.45, 2.75) is 59.8 Å². The van der Waals surface area contributed by atoms with Crippen LogP contribution in [0.25, 0.3) is 0 Å². The summed E-state index contributed by atoms with van der Waals surface area (Å²) < 4.78 is 0. The van der Waals surface area contributed by atoms with Crippen molar-refractivity contribution in [1.29, 1.82) is 0 Å². The molecular formula is C17H25NO. The van der Waals surface area contributed by atoms with Gasteiger partial charge < -0.3 is 5.32 Å². The smallest absolute Gasteiger partial charge is 0.221 e. The van der Waals surface area contributed by atoms with Gasteiger partial charge in [0.05, 0.1) is 0 Å². The summed E-state index contributed by atoms with van der Waals surface area (Å²) in [5, 5.41) is 3.09. The van der Waals surface area contributed by atoms with E-state index in [1.165, 1.54) is 23.1 Å². The lowest BCUT2D eigenvalue weighted by Gasteiger charge is -2.30. The number of benzene rings is 1. The van der Waals surface area contributed by atoms with E-state index in [0.717, 1.165) is 18.5 Å². The second kappa shape index (κ2) is 4.99. The molecule has 19 heavy (non-hydrogen) atoms. The van der Waals surface area contributed by atoms with Gasteiger partial charge in [-0.25, -0.2) is 0 Å². The van der Waals surface area contributed by atoms with E-state index in [-0.39, 0.29) is 11.3 Å². The molecule has 2 heteroatoms. The molecule has 0 fully saturated rings. The van der Waals surface area contributed by atoms with Crippen LogP contribution >= 0.6 is 0 Å². The SMILES string of the molecule is CC(=O)Nc1c([C@H](C)C(C)(C)C)ccc2c1CCC2. The number of hydrogen-bond donors (Lipinski definition) is 1. The van der Waals surface area contributed by atoms with Crippen molar-refractivity contribution >= 4 is 11.6 Å². The highest BCUT2D eigenvalue weighted by atomic mass is 16.1. The topological polar surface area (TPSA) is 29.1 Å². The maximum Gasteiger partial charge on any atom is 0.221 e. The van der Waals surface area contributed by atoms with E-state index in [9.17, 15) is 4.79 Å². The van der Waals surface area contributed by atoms with E-state index in [2.05, 4.69) is 45.1 Å². The zero-order valence-electron chi connectivity index (χ0n) is 12.8. The van der Waals surface area contributed by atoms with Gasteiger partial charge in [-0.1, -0.05) is 39.8 Å². The number of amides is 1. The molecule has 1 aromatic rings. The Morgan fingerprint density at radius 1 is 1.26 bits per heavy atom. The van der Waals surface area contributed by atoms with Crippen LogP contribution in [0.1, 0.15) is 63.6 Å². The molecule has 1 aliphatic carbocycles. The lowest BCUT2D eigenvalue weighted by Crippen LogP contribution is -2.19. The number of carbonyl (C=O) groups excluding carboxylic acids is 1. The lowest BCUT2D eigenvalue weighted by atomic mass is 9.76. The monoisotopic (exact) mass is 259 g/mol. The summed E-state index contributed by atoms with van der Waals surface area (Å²) in [5.74, 6) is 0.447. The summed E-state index contributed by atoms with van der Waals surface area (Å²) in [6.07, 6.45) is 3.44. The van der Waals surface area contributed by atoms with Gasteiger partial charge >= 0.3 is 0 Å². The number of nitrogens with one attached hydrogen (secondary N) is 1. The van der Waals surface area contributed by atoms with Crippen LogP contribution in [0.2, 0.25) is 0 Å². The van der Waals surface area contributed by atoms with Crippen molar-refractivity contribution in [3.63, 3.8) is 0 Å². The Hall–Kier alpha value is -1.31. The van der Waals surface area contributed by atoms with Crippen molar-refractivity contribution in [3.05, 3.63) is 28.8 Å². The Labute approximate surface area is 116 Å². The molecule has 0 radical (unpaired) electrons. The molecular weight excluding hydrogens is 234 g/mol. The van der Waals surface area contributed by atoms with Gasteiger partial charge in [0, 0.05) is 12.6 Å². The highest BCUT2D eigenvalue weighted by Gasteiger charge is 2.27. The highest BCUT2D eigenvalue weighted by Crippen LogP contribution is 2.42. The average molecular weight is 259 g/mol. The summed E-state index contributed by atoms with van der Waals surface area (Å²) in [4.78, 5) is 11.5. The van der Waals surface area contributed by atoms with Gasteiger partial charge in [-0.15, -0.1) is 0 Å². The molecule has 104 valence electrons. The molecule has 1 aliphatic rings. The van der Waals surface area contributed by atoms with Crippen LogP contribution in [0, 0.1) is 5.41 Å². The molecule has 0 aromatic heterocycles. The zero-order chi connectivity index (χ0) is 14.2. The first-order valence-corrected chi connectivity index (χ1v) is 7.23. The van der Waals surface area contributed by atoms with Crippen molar-refractivity contribution in [2.24, 2.45) is 5.41 Å². The first-order valence-electron chi connectivity index (χ1n) is 7.23. The van der Waals surface area contributed by atoms with E-state index < -0.39 is 0 Å². The molecule has 0 bridgehead atoms. The Morgan fingerprint density at radius 3 is 2.53 bits per heavy atom. The first kappa shape index (κ1) is 14.1. The number of anilines is 1. The van der Waals surface area contributed by atoms with E-state index >= 15 is 0 Å². The van der Waals surface area contributed by atoms with Crippen LogP contribution in [-0.4, -0.2) is 5.91 Å². The van der Waals surface area contributed by atoms with E-state index in [1.807, 2.05) is 0 Å². The Morgan fingerprint density at radius 2 is 1.95 bits per heavy atom. The Bertz CT molecular complexity index is 497. The minimum Gasteiger partial charge on any atom is -0.326 e. The molecule has 0 unspecified atom stereocenters. The standard InChI is InChI=1S/C17H25NO/c1-11(17(3,4)5)14-10-9-13-7-6-8-15(13)16(14)18-12(2)19/h9-11H,6-8H2,1-5H3,(H,18,19)/t11-/m0/s1.